The molecule has 0 aliphatic heterocycles. The number of rotatable bonds is 5. The van der Waals surface area contributed by atoms with Gasteiger partial charge in [-0.25, -0.2) is 0 Å². The Balaban J connectivity index is 5.56. The number of aliphatic imine (C=N–C) groups is 1. The summed E-state index contributed by atoms with van der Waals surface area (Å²) in [6.45, 7) is 10.6. The predicted molar refractivity (Wildman–Crippen MR) is 77.7 cm³/mol. The quantitative estimate of drug-likeness (QED) is 0.569. The average Bonchev–Trinajstić information content (AvgIpc) is 2.36. The minimum atomic E-state index is 0.380. The van der Waals surface area contributed by atoms with Crippen LogP contribution in [0.25, 0.3) is 0 Å². The van der Waals surface area contributed by atoms with Crippen LogP contribution in [0, 0.1) is 0 Å². The molecule has 0 amide bonds. The summed E-state index contributed by atoms with van der Waals surface area (Å²) in [6.07, 6.45) is 0. The van der Waals surface area contributed by atoms with E-state index in [-0.39, 0.29) is 0 Å². The van der Waals surface area contributed by atoms with Crippen LogP contribution in [0.4, 0.5) is 0 Å². The minimum Gasteiger partial charge on any atom is -0.388 e. The first kappa shape index (κ1) is 15.9. The van der Waals surface area contributed by atoms with E-state index >= 15 is 0 Å². The summed E-state index contributed by atoms with van der Waals surface area (Å²) in [6, 6.07) is 0.380. The van der Waals surface area contributed by atoms with Crippen molar-refractivity contribution in [2.45, 2.75) is 40.7 Å². The molecule has 0 radical (unpaired) electrons. The van der Waals surface area contributed by atoms with Crippen molar-refractivity contribution in [1.82, 2.24) is 10.6 Å². The molecular weight excluding hydrogens is 210 g/mol. The third kappa shape index (κ3) is 4.00. The number of allylic oxidation sites excluding steroid dienone is 2. The van der Waals surface area contributed by atoms with Gasteiger partial charge in [-0.15, -0.1) is 0 Å². The predicted octanol–water partition coefficient (Wildman–Crippen LogP) is 2.51. The molecule has 0 aromatic heterocycles. The van der Waals surface area contributed by atoms with E-state index in [1.807, 2.05) is 28.1 Å². The molecule has 98 valence electrons. The number of hydrogen-bond donors (Lipinski definition) is 2. The molecule has 0 bridgehead atoms. The second kappa shape index (κ2) is 7.28. The van der Waals surface area contributed by atoms with Crippen molar-refractivity contribution in [1.29, 1.82) is 0 Å². The number of hydrogen-bond acceptors (Lipinski definition) is 3. The molecule has 0 aliphatic rings. The lowest BCUT2D eigenvalue weighted by molar-refractivity contribution is 0.684. The Kier molecular flexibility index (Phi) is 6.81. The van der Waals surface area contributed by atoms with Gasteiger partial charge in [-0.3, -0.25) is 4.99 Å². The lowest BCUT2D eigenvalue weighted by Gasteiger charge is -2.19. The standard InChI is InChI=1S/C14H27N3/c1-9(12(4)15-6)10(2)14(17-8)11(3)13(5)16-7/h12,15,17H,1-8H3/b10-9+,14-11-,16-13+. The molecule has 0 saturated heterocycles. The number of nitrogens with one attached hydrogen (secondary N) is 2. The molecule has 0 fully saturated rings. The van der Waals surface area contributed by atoms with E-state index in [1.54, 1.807) is 0 Å². The Hall–Kier alpha value is -1.09. The molecule has 1 atom stereocenters. The summed E-state index contributed by atoms with van der Waals surface area (Å²) in [7, 11) is 5.77. The van der Waals surface area contributed by atoms with E-state index in [9.17, 15) is 0 Å². The maximum absolute atomic E-state index is 4.24. The van der Waals surface area contributed by atoms with Gasteiger partial charge in [0.1, 0.15) is 0 Å². The molecule has 0 saturated carbocycles. The Morgan fingerprint density at radius 2 is 1.53 bits per heavy atom. The number of likely N-dealkylation sites (N-methyl/N-ethyl adjacent to an activating group) is 2. The highest BCUT2D eigenvalue weighted by Gasteiger charge is 2.11. The third-order valence-corrected chi connectivity index (χ3v) is 3.55. The molecular formula is C14H27N3. The third-order valence-electron chi connectivity index (χ3n) is 3.55. The molecule has 0 aromatic carbocycles. The van der Waals surface area contributed by atoms with Gasteiger partial charge in [0.2, 0.25) is 0 Å². The van der Waals surface area contributed by atoms with Crippen LogP contribution in [-0.4, -0.2) is 32.9 Å². The smallest absolute Gasteiger partial charge is 0.0415 e. The molecule has 0 aromatic rings. The molecule has 1 unspecified atom stereocenters. The SMILES string of the molecule is C/N=C(C)/C(C)=C(NC)/C(C)=C(\C)C(C)NC. The van der Waals surface area contributed by atoms with Gasteiger partial charge in [-0.1, -0.05) is 5.57 Å². The van der Waals surface area contributed by atoms with Gasteiger partial charge in [0.15, 0.2) is 0 Å². The molecule has 0 heterocycles. The molecule has 0 spiro atoms. The monoisotopic (exact) mass is 237 g/mol. The van der Waals surface area contributed by atoms with Crippen molar-refractivity contribution in [3.05, 3.63) is 22.4 Å². The lowest BCUT2D eigenvalue weighted by Crippen LogP contribution is -2.25. The van der Waals surface area contributed by atoms with E-state index in [2.05, 4.69) is 43.3 Å². The van der Waals surface area contributed by atoms with Crippen molar-refractivity contribution >= 4 is 5.71 Å². The lowest BCUT2D eigenvalue weighted by atomic mass is 9.98. The van der Waals surface area contributed by atoms with Crippen LogP contribution in [0.5, 0.6) is 0 Å². The second-order valence-corrected chi connectivity index (χ2v) is 4.38. The summed E-state index contributed by atoms with van der Waals surface area (Å²) in [5.74, 6) is 0. The van der Waals surface area contributed by atoms with Crippen LogP contribution in [0.15, 0.2) is 27.4 Å². The van der Waals surface area contributed by atoms with Crippen LogP contribution in [0.2, 0.25) is 0 Å². The van der Waals surface area contributed by atoms with Gasteiger partial charge in [-0.05, 0) is 52.8 Å². The van der Waals surface area contributed by atoms with Crippen molar-refractivity contribution in [2.75, 3.05) is 21.1 Å². The second-order valence-electron chi connectivity index (χ2n) is 4.38. The first-order valence-electron chi connectivity index (χ1n) is 6.08. The van der Waals surface area contributed by atoms with Crippen LogP contribution in [0.1, 0.15) is 34.6 Å². The van der Waals surface area contributed by atoms with E-state index in [0.29, 0.717) is 6.04 Å². The summed E-state index contributed by atoms with van der Waals surface area (Å²) < 4.78 is 0. The number of nitrogens with zero attached hydrogens (tertiary/aromatic N) is 1. The van der Waals surface area contributed by atoms with Gasteiger partial charge >= 0.3 is 0 Å². The molecule has 17 heavy (non-hydrogen) atoms. The van der Waals surface area contributed by atoms with Crippen molar-refractivity contribution in [2.24, 2.45) is 4.99 Å². The fourth-order valence-corrected chi connectivity index (χ4v) is 1.74. The zero-order valence-electron chi connectivity index (χ0n) is 12.5. The Labute approximate surface area is 106 Å². The molecule has 0 rings (SSSR count). The van der Waals surface area contributed by atoms with Crippen LogP contribution in [-0.2, 0) is 0 Å². The van der Waals surface area contributed by atoms with Crippen LogP contribution < -0.4 is 10.6 Å². The van der Waals surface area contributed by atoms with Gasteiger partial charge in [-0.2, -0.15) is 0 Å². The van der Waals surface area contributed by atoms with Gasteiger partial charge in [0.25, 0.3) is 0 Å². The van der Waals surface area contributed by atoms with E-state index < -0.39 is 0 Å². The summed E-state index contributed by atoms with van der Waals surface area (Å²) in [5, 5.41) is 6.56. The van der Waals surface area contributed by atoms with Crippen molar-refractivity contribution in [3.63, 3.8) is 0 Å². The van der Waals surface area contributed by atoms with E-state index in [4.69, 9.17) is 0 Å². The largest absolute Gasteiger partial charge is 0.388 e. The van der Waals surface area contributed by atoms with Crippen LogP contribution >= 0.6 is 0 Å². The summed E-state index contributed by atoms with van der Waals surface area (Å²) in [4.78, 5) is 4.24. The average molecular weight is 237 g/mol. The molecule has 3 heteroatoms. The Bertz CT molecular complexity index is 348. The van der Waals surface area contributed by atoms with Gasteiger partial charge in [0, 0.05) is 31.5 Å². The van der Waals surface area contributed by atoms with Crippen LogP contribution in [0.3, 0.4) is 0 Å². The topological polar surface area (TPSA) is 36.4 Å². The summed E-state index contributed by atoms with van der Waals surface area (Å²) >= 11 is 0. The molecule has 2 N–H and O–H groups in total. The maximum Gasteiger partial charge on any atom is 0.0415 e. The summed E-state index contributed by atoms with van der Waals surface area (Å²) in [5.41, 5.74) is 6.08. The zero-order chi connectivity index (χ0) is 13.6. The fraction of sp³-hybridized carbons (Fsp3) is 0.643. The highest BCUT2D eigenvalue weighted by Crippen LogP contribution is 2.18. The first-order valence-corrected chi connectivity index (χ1v) is 6.08. The van der Waals surface area contributed by atoms with E-state index in [0.717, 1.165) is 5.71 Å². The highest BCUT2D eigenvalue weighted by molar-refractivity contribution is 5.98. The van der Waals surface area contributed by atoms with Crippen molar-refractivity contribution < 1.29 is 0 Å². The van der Waals surface area contributed by atoms with E-state index in [1.165, 1.54) is 22.4 Å². The Morgan fingerprint density at radius 3 is 1.88 bits per heavy atom. The van der Waals surface area contributed by atoms with Gasteiger partial charge < -0.3 is 10.6 Å². The molecule has 3 nitrogen and oxygen atoms in total. The van der Waals surface area contributed by atoms with Gasteiger partial charge in [0.05, 0.1) is 0 Å². The Morgan fingerprint density at radius 1 is 1.00 bits per heavy atom. The molecule has 0 aliphatic carbocycles. The first-order chi connectivity index (χ1) is 7.90. The zero-order valence-corrected chi connectivity index (χ0v) is 12.5. The van der Waals surface area contributed by atoms with Crippen molar-refractivity contribution in [3.8, 4) is 0 Å². The fourth-order valence-electron chi connectivity index (χ4n) is 1.74. The minimum absolute atomic E-state index is 0.380. The maximum atomic E-state index is 4.24. The highest BCUT2D eigenvalue weighted by atomic mass is 14.9. The normalized spacial score (nSPS) is 17.3.